The number of aliphatic hydroxyl groups excluding tert-OH is 1. The predicted octanol–water partition coefficient (Wildman–Crippen LogP) is 1.76. The number of anilines is 2. The molecule has 8 heteroatoms. The average Bonchev–Trinajstić information content (AvgIpc) is 3.14. The quantitative estimate of drug-likeness (QED) is 0.759. The van der Waals surface area contributed by atoms with Crippen molar-refractivity contribution in [2.75, 3.05) is 23.3 Å². The number of aromatic nitrogens is 4. The number of β-amino-alcohol motifs (C(OH)–C–C–N with tert-alkyl or cyclic N) is 1. The Morgan fingerprint density at radius 2 is 2.35 bits per heavy atom. The van der Waals surface area contributed by atoms with Crippen LogP contribution in [0.15, 0.2) is 30.0 Å². The fourth-order valence-corrected chi connectivity index (χ4v) is 3.52. The summed E-state index contributed by atoms with van der Waals surface area (Å²) in [5, 5.41) is 15.0. The number of fused-ring (bicyclic) bond motifs is 1. The molecule has 1 unspecified atom stereocenters. The minimum absolute atomic E-state index is 0.270. The molecular formula is C15H18N6OS. The molecule has 0 aromatic carbocycles. The topological polar surface area (TPSA) is 78.6 Å². The highest BCUT2D eigenvalue weighted by atomic mass is 32.1. The zero-order chi connectivity index (χ0) is 15.6. The van der Waals surface area contributed by atoms with Gasteiger partial charge in [-0.2, -0.15) is 4.98 Å². The van der Waals surface area contributed by atoms with Crippen molar-refractivity contribution in [2.45, 2.75) is 25.5 Å². The minimum atomic E-state index is -0.270. The average molecular weight is 330 g/mol. The Hall–Kier alpha value is -2.19. The highest BCUT2D eigenvalue weighted by Gasteiger charge is 2.19. The number of hydrogen-bond acceptors (Lipinski definition) is 7. The Kier molecular flexibility index (Phi) is 3.84. The van der Waals surface area contributed by atoms with E-state index in [2.05, 4.69) is 25.2 Å². The van der Waals surface area contributed by atoms with Gasteiger partial charge in [0.1, 0.15) is 5.82 Å². The Bertz CT molecular complexity index is 771. The number of rotatable bonds is 4. The van der Waals surface area contributed by atoms with E-state index in [9.17, 15) is 5.11 Å². The monoisotopic (exact) mass is 330 g/mol. The van der Waals surface area contributed by atoms with Crippen LogP contribution in [0.1, 0.15) is 18.5 Å². The van der Waals surface area contributed by atoms with Crippen LogP contribution in [0.2, 0.25) is 0 Å². The van der Waals surface area contributed by atoms with Crippen LogP contribution in [0.3, 0.4) is 0 Å². The van der Waals surface area contributed by atoms with Crippen LogP contribution in [0.4, 0.5) is 11.8 Å². The van der Waals surface area contributed by atoms with Crippen molar-refractivity contribution in [3.63, 3.8) is 0 Å². The van der Waals surface area contributed by atoms with Gasteiger partial charge in [-0.15, -0.1) is 11.3 Å². The molecule has 3 aromatic rings. The summed E-state index contributed by atoms with van der Waals surface area (Å²) in [6.45, 7) is 2.14. The van der Waals surface area contributed by atoms with Crippen LogP contribution in [-0.4, -0.2) is 43.7 Å². The van der Waals surface area contributed by atoms with Gasteiger partial charge in [0, 0.05) is 37.1 Å². The molecule has 1 aliphatic rings. The first-order valence-electron chi connectivity index (χ1n) is 7.69. The van der Waals surface area contributed by atoms with Gasteiger partial charge in [0.05, 0.1) is 18.3 Å². The maximum Gasteiger partial charge on any atom is 0.224 e. The molecule has 0 amide bonds. The molecule has 120 valence electrons. The summed E-state index contributed by atoms with van der Waals surface area (Å²) in [5.41, 5.74) is 0.958. The van der Waals surface area contributed by atoms with Crippen LogP contribution >= 0.6 is 11.3 Å². The molecule has 0 aliphatic carbocycles. The molecule has 1 saturated heterocycles. The van der Waals surface area contributed by atoms with Gasteiger partial charge in [0.15, 0.2) is 4.96 Å². The van der Waals surface area contributed by atoms with Crippen molar-refractivity contribution in [2.24, 2.45) is 0 Å². The lowest BCUT2D eigenvalue weighted by molar-refractivity contribution is 0.154. The maximum absolute atomic E-state index is 9.80. The fraction of sp³-hybridized carbons (Fsp3) is 0.400. The number of piperidine rings is 1. The molecule has 4 rings (SSSR count). The van der Waals surface area contributed by atoms with Gasteiger partial charge in [-0.05, 0) is 18.9 Å². The highest BCUT2D eigenvalue weighted by Crippen LogP contribution is 2.19. The third kappa shape index (κ3) is 3.13. The second-order valence-electron chi connectivity index (χ2n) is 5.66. The third-order valence-electron chi connectivity index (χ3n) is 3.93. The molecule has 1 aliphatic heterocycles. The summed E-state index contributed by atoms with van der Waals surface area (Å²) >= 11 is 1.61. The van der Waals surface area contributed by atoms with E-state index in [0.717, 1.165) is 35.9 Å². The number of nitrogens with zero attached hydrogens (tertiary/aromatic N) is 5. The lowest BCUT2D eigenvalue weighted by atomic mass is 10.1. The van der Waals surface area contributed by atoms with Crippen molar-refractivity contribution < 1.29 is 5.11 Å². The van der Waals surface area contributed by atoms with Gasteiger partial charge in [0.2, 0.25) is 5.95 Å². The van der Waals surface area contributed by atoms with Crippen LogP contribution in [-0.2, 0) is 6.54 Å². The van der Waals surface area contributed by atoms with Crippen molar-refractivity contribution in [3.8, 4) is 0 Å². The Labute approximate surface area is 137 Å². The molecule has 7 nitrogen and oxygen atoms in total. The van der Waals surface area contributed by atoms with E-state index in [4.69, 9.17) is 0 Å². The number of nitrogens with one attached hydrogen (secondary N) is 1. The molecule has 0 bridgehead atoms. The molecule has 0 saturated carbocycles. The van der Waals surface area contributed by atoms with Gasteiger partial charge < -0.3 is 15.3 Å². The number of hydrogen-bond donors (Lipinski definition) is 2. The van der Waals surface area contributed by atoms with Gasteiger partial charge in [0.25, 0.3) is 0 Å². The lowest BCUT2D eigenvalue weighted by Gasteiger charge is -2.31. The molecule has 1 atom stereocenters. The zero-order valence-corrected chi connectivity index (χ0v) is 13.4. The molecule has 2 N–H and O–H groups in total. The Morgan fingerprint density at radius 3 is 3.22 bits per heavy atom. The van der Waals surface area contributed by atoms with Crippen molar-refractivity contribution in [1.82, 2.24) is 19.4 Å². The van der Waals surface area contributed by atoms with Crippen LogP contribution in [0, 0.1) is 0 Å². The molecule has 0 radical (unpaired) electrons. The normalized spacial score (nSPS) is 18.5. The number of thiazole rings is 1. The summed E-state index contributed by atoms with van der Waals surface area (Å²) in [6.07, 6.45) is 7.33. The third-order valence-corrected chi connectivity index (χ3v) is 4.70. The molecular weight excluding hydrogens is 312 g/mol. The maximum atomic E-state index is 9.80. The van der Waals surface area contributed by atoms with E-state index < -0.39 is 0 Å². The second-order valence-corrected chi connectivity index (χ2v) is 6.53. The Morgan fingerprint density at radius 1 is 1.39 bits per heavy atom. The predicted molar refractivity (Wildman–Crippen MR) is 89.9 cm³/mol. The van der Waals surface area contributed by atoms with Crippen molar-refractivity contribution >= 4 is 28.1 Å². The number of aliphatic hydroxyl groups is 1. The first-order valence-corrected chi connectivity index (χ1v) is 8.57. The Balaban J connectivity index is 1.44. The second kappa shape index (κ2) is 6.13. The van der Waals surface area contributed by atoms with E-state index in [0.29, 0.717) is 19.0 Å². The highest BCUT2D eigenvalue weighted by molar-refractivity contribution is 7.15. The van der Waals surface area contributed by atoms with Gasteiger partial charge in [-0.1, -0.05) is 0 Å². The van der Waals surface area contributed by atoms with Gasteiger partial charge in [-0.25, -0.2) is 9.97 Å². The standard InChI is InChI=1S/C15H18N6OS/c22-12-2-1-5-20(10-12)13-3-4-16-14(19-13)17-8-11-9-21-6-7-23-15(21)18-11/h3-4,6-7,9,12,22H,1-2,5,8,10H2,(H,16,17,19). The molecule has 4 heterocycles. The summed E-state index contributed by atoms with van der Waals surface area (Å²) < 4.78 is 2.01. The number of imidazole rings is 1. The lowest BCUT2D eigenvalue weighted by Crippen LogP contribution is -2.38. The molecule has 23 heavy (non-hydrogen) atoms. The SMILES string of the molecule is OC1CCCN(c2ccnc(NCc3cn4ccsc4n3)n2)C1. The molecule has 1 fully saturated rings. The first kappa shape index (κ1) is 14.4. The van der Waals surface area contributed by atoms with E-state index in [-0.39, 0.29) is 6.10 Å². The van der Waals surface area contributed by atoms with Crippen LogP contribution in [0.25, 0.3) is 4.96 Å². The zero-order valence-electron chi connectivity index (χ0n) is 12.6. The first-order chi connectivity index (χ1) is 11.3. The van der Waals surface area contributed by atoms with Crippen molar-refractivity contribution in [1.29, 1.82) is 0 Å². The summed E-state index contributed by atoms with van der Waals surface area (Å²) in [4.78, 5) is 16.4. The van der Waals surface area contributed by atoms with E-state index in [1.54, 1.807) is 17.5 Å². The molecule has 0 spiro atoms. The van der Waals surface area contributed by atoms with Gasteiger partial charge in [-0.3, -0.25) is 4.40 Å². The molecule has 3 aromatic heterocycles. The largest absolute Gasteiger partial charge is 0.391 e. The smallest absolute Gasteiger partial charge is 0.224 e. The summed E-state index contributed by atoms with van der Waals surface area (Å²) in [6, 6.07) is 1.88. The minimum Gasteiger partial charge on any atom is -0.391 e. The van der Waals surface area contributed by atoms with Gasteiger partial charge >= 0.3 is 0 Å². The van der Waals surface area contributed by atoms with E-state index in [1.165, 1.54) is 0 Å². The summed E-state index contributed by atoms with van der Waals surface area (Å²) in [7, 11) is 0. The van der Waals surface area contributed by atoms with E-state index >= 15 is 0 Å². The van der Waals surface area contributed by atoms with Crippen molar-refractivity contribution in [3.05, 3.63) is 35.7 Å². The van der Waals surface area contributed by atoms with E-state index in [1.807, 2.05) is 28.2 Å². The summed E-state index contributed by atoms with van der Waals surface area (Å²) in [5.74, 6) is 1.44. The van der Waals surface area contributed by atoms with Crippen LogP contribution < -0.4 is 10.2 Å². The fourth-order valence-electron chi connectivity index (χ4n) is 2.80. The van der Waals surface area contributed by atoms with Crippen LogP contribution in [0.5, 0.6) is 0 Å².